The Kier molecular flexibility index (Phi) is 3.53. The van der Waals surface area contributed by atoms with E-state index in [0.29, 0.717) is 12.6 Å². The molecule has 0 aromatic rings. The van der Waals surface area contributed by atoms with Crippen LogP contribution in [0.25, 0.3) is 0 Å². The lowest BCUT2D eigenvalue weighted by atomic mass is 10.2. The number of amides is 1. The summed E-state index contributed by atoms with van der Waals surface area (Å²) in [4.78, 5) is 13.4. The maximum atomic E-state index is 11.4. The van der Waals surface area contributed by atoms with Crippen LogP contribution in [-0.4, -0.2) is 36.5 Å². The second-order valence-corrected chi connectivity index (χ2v) is 3.42. The zero-order chi connectivity index (χ0) is 8.97. The van der Waals surface area contributed by atoms with Crippen LogP contribution < -0.4 is 5.32 Å². The molecule has 0 bridgehead atoms. The van der Waals surface area contributed by atoms with Gasteiger partial charge in [0.05, 0.1) is 6.54 Å². The van der Waals surface area contributed by atoms with Crippen molar-refractivity contribution in [2.75, 3.05) is 19.6 Å². The largest absolute Gasteiger partial charge is 0.338 e. The van der Waals surface area contributed by atoms with Crippen molar-refractivity contribution in [2.45, 2.75) is 32.7 Å². The van der Waals surface area contributed by atoms with E-state index in [-0.39, 0.29) is 5.91 Å². The fourth-order valence-electron chi connectivity index (χ4n) is 1.52. The minimum Gasteiger partial charge on any atom is -0.338 e. The lowest BCUT2D eigenvalue weighted by Gasteiger charge is -2.33. The molecule has 1 N–H and O–H groups in total. The second-order valence-electron chi connectivity index (χ2n) is 3.42. The molecule has 1 aliphatic heterocycles. The monoisotopic (exact) mass is 170 g/mol. The highest BCUT2D eigenvalue weighted by Gasteiger charge is 2.22. The first kappa shape index (κ1) is 9.52. The van der Waals surface area contributed by atoms with Crippen molar-refractivity contribution in [1.29, 1.82) is 0 Å². The minimum atomic E-state index is 0.252. The van der Waals surface area contributed by atoms with Crippen molar-refractivity contribution < 1.29 is 4.79 Å². The van der Waals surface area contributed by atoms with E-state index in [2.05, 4.69) is 19.2 Å². The van der Waals surface area contributed by atoms with Gasteiger partial charge >= 0.3 is 0 Å². The zero-order valence-corrected chi connectivity index (χ0v) is 7.97. The van der Waals surface area contributed by atoms with Crippen LogP contribution in [0.15, 0.2) is 0 Å². The van der Waals surface area contributed by atoms with Crippen LogP contribution in [0.2, 0.25) is 0 Å². The molecule has 0 saturated carbocycles. The molecule has 1 rings (SSSR count). The molecule has 70 valence electrons. The quantitative estimate of drug-likeness (QED) is 0.673. The van der Waals surface area contributed by atoms with Gasteiger partial charge < -0.3 is 10.2 Å². The molecule has 0 unspecified atom stereocenters. The van der Waals surface area contributed by atoms with Crippen molar-refractivity contribution >= 4 is 5.91 Å². The summed E-state index contributed by atoms with van der Waals surface area (Å²) in [5.74, 6) is 0.252. The molecule has 0 aliphatic carbocycles. The molecule has 1 fully saturated rings. The molecular formula is C9H18N2O. The Hall–Kier alpha value is -0.570. The van der Waals surface area contributed by atoms with Gasteiger partial charge in [0.2, 0.25) is 5.91 Å². The summed E-state index contributed by atoms with van der Waals surface area (Å²) in [6.07, 6.45) is 2.28. The highest BCUT2D eigenvalue weighted by molar-refractivity contribution is 5.79. The van der Waals surface area contributed by atoms with Crippen LogP contribution in [0, 0.1) is 0 Å². The van der Waals surface area contributed by atoms with Crippen LogP contribution in [0.5, 0.6) is 0 Å². The molecule has 0 aromatic heterocycles. The van der Waals surface area contributed by atoms with Gasteiger partial charge in [-0.25, -0.2) is 0 Å². The van der Waals surface area contributed by atoms with Crippen LogP contribution in [0.4, 0.5) is 0 Å². The topological polar surface area (TPSA) is 32.3 Å². The molecule has 1 saturated heterocycles. The lowest BCUT2D eigenvalue weighted by molar-refractivity contribution is -0.134. The number of hydrogen-bond donors (Lipinski definition) is 1. The Morgan fingerprint density at radius 1 is 1.67 bits per heavy atom. The third-order valence-electron chi connectivity index (χ3n) is 2.32. The molecule has 0 spiro atoms. The SMILES string of the molecule is CCCCN1C(=O)CNC[C@H]1C. The first-order chi connectivity index (χ1) is 5.75. The van der Waals surface area contributed by atoms with Crippen LogP contribution in [-0.2, 0) is 4.79 Å². The Morgan fingerprint density at radius 3 is 3.00 bits per heavy atom. The Morgan fingerprint density at radius 2 is 2.42 bits per heavy atom. The van der Waals surface area contributed by atoms with Gasteiger partial charge in [0.15, 0.2) is 0 Å². The predicted octanol–water partition coefficient (Wildman–Crippen LogP) is 0.607. The number of carbonyl (C=O) groups excluding carboxylic acids is 1. The highest BCUT2D eigenvalue weighted by Crippen LogP contribution is 2.05. The van der Waals surface area contributed by atoms with Crippen molar-refractivity contribution in [1.82, 2.24) is 10.2 Å². The summed E-state index contributed by atoms with van der Waals surface area (Å²) in [7, 11) is 0. The molecule has 0 radical (unpaired) electrons. The molecule has 1 aliphatic rings. The third-order valence-corrected chi connectivity index (χ3v) is 2.32. The number of hydrogen-bond acceptors (Lipinski definition) is 2. The van der Waals surface area contributed by atoms with Gasteiger partial charge in [-0.3, -0.25) is 4.79 Å². The normalized spacial score (nSPS) is 24.7. The Bertz CT molecular complexity index is 159. The predicted molar refractivity (Wildman–Crippen MR) is 49.0 cm³/mol. The first-order valence-electron chi connectivity index (χ1n) is 4.76. The molecule has 3 heteroatoms. The standard InChI is InChI=1S/C9H18N2O/c1-3-4-5-11-8(2)6-10-7-9(11)12/h8,10H,3-7H2,1-2H3/t8-/m1/s1. The van der Waals surface area contributed by atoms with Gasteiger partial charge in [-0.05, 0) is 13.3 Å². The maximum absolute atomic E-state index is 11.4. The number of nitrogens with zero attached hydrogens (tertiary/aromatic N) is 1. The molecular weight excluding hydrogens is 152 g/mol. The molecule has 3 nitrogen and oxygen atoms in total. The van der Waals surface area contributed by atoms with Crippen molar-refractivity contribution in [3.05, 3.63) is 0 Å². The van der Waals surface area contributed by atoms with E-state index in [1.54, 1.807) is 0 Å². The first-order valence-corrected chi connectivity index (χ1v) is 4.76. The Balaban J connectivity index is 2.40. The number of piperazine rings is 1. The molecule has 1 atom stereocenters. The van der Waals surface area contributed by atoms with Crippen molar-refractivity contribution in [2.24, 2.45) is 0 Å². The van der Waals surface area contributed by atoms with E-state index in [1.807, 2.05) is 4.90 Å². The fourth-order valence-corrected chi connectivity index (χ4v) is 1.52. The summed E-state index contributed by atoms with van der Waals surface area (Å²) in [6.45, 7) is 6.64. The lowest BCUT2D eigenvalue weighted by Crippen LogP contribution is -2.53. The number of unbranched alkanes of at least 4 members (excludes halogenated alkanes) is 1. The number of rotatable bonds is 3. The highest BCUT2D eigenvalue weighted by atomic mass is 16.2. The molecule has 1 amide bonds. The third kappa shape index (κ3) is 2.21. The summed E-state index contributed by atoms with van der Waals surface area (Å²) in [6, 6.07) is 0.373. The smallest absolute Gasteiger partial charge is 0.236 e. The maximum Gasteiger partial charge on any atom is 0.236 e. The minimum absolute atomic E-state index is 0.252. The van der Waals surface area contributed by atoms with Gasteiger partial charge in [-0.2, -0.15) is 0 Å². The van der Waals surface area contributed by atoms with Gasteiger partial charge in [-0.1, -0.05) is 13.3 Å². The van der Waals surface area contributed by atoms with Crippen molar-refractivity contribution in [3.8, 4) is 0 Å². The van der Waals surface area contributed by atoms with Gasteiger partial charge in [-0.15, -0.1) is 0 Å². The Labute approximate surface area is 74.1 Å². The van der Waals surface area contributed by atoms with Crippen molar-refractivity contribution in [3.63, 3.8) is 0 Å². The van der Waals surface area contributed by atoms with E-state index in [4.69, 9.17) is 0 Å². The van der Waals surface area contributed by atoms with E-state index < -0.39 is 0 Å². The second kappa shape index (κ2) is 4.45. The van der Waals surface area contributed by atoms with E-state index in [0.717, 1.165) is 25.9 Å². The molecule has 12 heavy (non-hydrogen) atoms. The van der Waals surface area contributed by atoms with Gasteiger partial charge in [0.1, 0.15) is 0 Å². The molecule has 0 aromatic carbocycles. The number of carbonyl (C=O) groups is 1. The van der Waals surface area contributed by atoms with E-state index in [9.17, 15) is 4.79 Å². The van der Waals surface area contributed by atoms with Crippen LogP contribution in [0.1, 0.15) is 26.7 Å². The number of nitrogens with one attached hydrogen (secondary N) is 1. The van der Waals surface area contributed by atoms with Gasteiger partial charge in [0, 0.05) is 19.1 Å². The summed E-state index contributed by atoms with van der Waals surface area (Å²) < 4.78 is 0. The summed E-state index contributed by atoms with van der Waals surface area (Å²) >= 11 is 0. The van der Waals surface area contributed by atoms with E-state index >= 15 is 0 Å². The zero-order valence-electron chi connectivity index (χ0n) is 7.97. The van der Waals surface area contributed by atoms with Crippen LogP contribution in [0.3, 0.4) is 0 Å². The summed E-state index contributed by atoms with van der Waals surface area (Å²) in [5.41, 5.74) is 0. The average molecular weight is 170 g/mol. The van der Waals surface area contributed by atoms with Crippen LogP contribution >= 0.6 is 0 Å². The summed E-state index contributed by atoms with van der Waals surface area (Å²) in [5, 5.41) is 3.10. The molecule has 1 heterocycles. The van der Waals surface area contributed by atoms with Gasteiger partial charge in [0.25, 0.3) is 0 Å². The fraction of sp³-hybridized carbons (Fsp3) is 0.889. The average Bonchev–Trinajstić information content (AvgIpc) is 2.04. The van der Waals surface area contributed by atoms with E-state index in [1.165, 1.54) is 0 Å².